The van der Waals surface area contributed by atoms with Gasteiger partial charge in [0.25, 0.3) is 0 Å². The summed E-state index contributed by atoms with van der Waals surface area (Å²) in [7, 11) is 0. The number of pyridine rings is 1. The van der Waals surface area contributed by atoms with Crippen molar-refractivity contribution in [3.8, 4) is 0 Å². The van der Waals surface area contributed by atoms with Crippen molar-refractivity contribution in [3.05, 3.63) is 21.9 Å². The number of nitrogens with zero attached hydrogens (tertiary/aromatic N) is 1. The molecule has 1 atom stereocenters. The number of carbonyl (C=O) groups excluding carboxylic acids is 1. The lowest BCUT2D eigenvalue weighted by molar-refractivity contribution is -0.118. The molecule has 1 fully saturated rings. The van der Waals surface area contributed by atoms with Crippen LogP contribution in [0.4, 0.5) is 5.69 Å². The zero-order valence-electron chi connectivity index (χ0n) is 9.17. The number of anilines is 1. The van der Waals surface area contributed by atoms with E-state index in [1.807, 2.05) is 0 Å². The number of aromatic nitrogens is 1. The van der Waals surface area contributed by atoms with Gasteiger partial charge in [-0.3, -0.25) is 4.79 Å². The molecule has 1 aromatic rings. The van der Waals surface area contributed by atoms with Gasteiger partial charge in [-0.2, -0.15) is 0 Å². The number of amides is 1. The van der Waals surface area contributed by atoms with Crippen LogP contribution >= 0.6 is 27.5 Å². The van der Waals surface area contributed by atoms with Crippen LogP contribution in [0.2, 0.25) is 5.15 Å². The van der Waals surface area contributed by atoms with Gasteiger partial charge >= 0.3 is 0 Å². The third kappa shape index (κ3) is 3.40. The van der Waals surface area contributed by atoms with Crippen LogP contribution in [-0.2, 0) is 4.79 Å². The van der Waals surface area contributed by atoms with Crippen LogP contribution in [0, 0.1) is 0 Å². The fourth-order valence-electron chi connectivity index (χ4n) is 1.81. The molecular weight excluding hydrogens is 305 g/mol. The van der Waals surface area contributed by atoms with Crippen molar-refractivity contribution in [1.29, 1.82) is 0 Å². The fourth-order valence-corrected chi connectivity index (χ4v) is 2.29. The second kappa shape index (κ2) is 5.80. The Labute approximate surface area is 113 Å². The zero-order valence-corrected chi connectivity index (χ0v) is 11.5. The predicted octanol–water partition coefficient (Wildman–Crippen LogP) is 2.58. The van der Waals surface area contributed by atoms with Crippen molar-refractivity contribution >= 4 is 39.1 Å². The topological polar surface area (TPSA) is 54.0 Å². The van der Waals surface area contributed by atoms with E-state index >= 15 is 0 Å². The van der Waals surface area contributed by atoms with Gasteiger partial charge in [0.15, 0.2) is 5.15 Å². The Morgan fingerprint density at radius 3 is 3.12 bits per heavy atom. The van der Waals surface area contributed by atoms with E-state index in [9.17, 15) is 4.79 Å². The lowest BCUT2D eigenvalue weighted by Crippen LogP contribution is -2.43. The van der Waals surface area contributed by atoms with E-state index in [4.69, 9.17) is 11.6 Å². The number of carbonyl (C=O) groups is 1. The smallest absolute Gasteiger partial charge is 0.241 e. The van der Waals surface area contributed by atoms with E-state index in [0.29, 0.717) is 10.8 Å². The van der Waals surface area contributed by atoms with E-state index in [1.54, 1.807) is 12.3 Å². The van der Waals surface area contributed by atoms with Gasteiger partial charge in [0.2, 0.25) is 5.91 Å². The standard InChI is InChI=1S/C11H13BrClN3O/c12-7-5-9(10(13)15-6-7)16-11(17)8-3-1-2-4-14-8/h5-6,8,14H,1-4H2,(H,16,17)/t8-/m0/s1. The van der Waals surface area contributed by atoms with Crippen LogP contribution in [0.3, 0.4) is 0 Å². The number of halogens is 2. The van der Waals surface area contributed by atoms with Gasteiger partial charge < -0.3 is 10.6 Å². The minimum Gasteiger partial charge on any atom is -0.322 e. The highest BCUT2D eigenvalue weighted by Gasteiger charge is 2.21. The third-order valence-electron chi connectivity index (χ3n) is 2.69. The summed E-state index contributed by atoms with van der Waals surface area (Å²) in [5.74, 6) is -0.0495. The summed E-state index contributed by atoms with van der Waals surface area (Å²) in [6.45, 7) is 0.891. The molecule has 0 unspecified atom stereocenters. The lowest BCUT2D eigenvalue weighted by Gasteiger charge is -2.22. The molecule has 0 bridgehead atoms. The van der Waals surface area contributed by atoms with Crippen LogP contribution in [0.1, 0.15) is 19.3 Å². The van der Waals surface area contributed by atoms with Crippen molar-refractivity contribution in [3.63, 3.8) is 0 Å². The maximum Gasteiger partial charge on any atom is 0.241 e. The maximum atomic E-state index is 12.0. The molecule has 2 heterocycles. The summed E-state index contributed by atoms with van der Waals surface area (Å²) in [6.07, 6.45) is 4.67. The van der Waals surface area contributed by atoms with Crippen molar-refractivity contribution < 1.29 is 4.79 Å². The number of rotatable bonds is 2. The molecule has 17 heavy (non-hydrogen) atoms. The van der Waals surface area contributed by atoms with Crippen molar-refractivity contribution in [1.82, 2.24) is 10.3 Å². The van der Waals surface area contributed by atoms with Crippen molar-refractivity contribution in [2.24, 2.45) is 0 Å². The number of piperidine rings is 1. The molecule has 0 radical (unpaired) electrons. The van der Waals surface area contributed by atoms with E-state index in [0.717, 1.165) is 30.3 Å². The Kier molecular flexibility index (Phi) is 4.36. The van der Waals surface area contributed by atoms with Crippen molar-refractivity contribution in [2.45, 2.75) is 25.3 Å². The van der Waals surface area contributed by atoms with Gasteiger partial charge in [-0.05, 0) is 41.4 Å². The van der Waals surface area contributed by atoms with E-state index in [1.165, 1.54) is 0 Å². The number of nitrogens with one attached hydrogen (secondary N) is 2. The average molecular weight is 319 g/mol. The van der Waals surface area contributed by atoms with Gasteiger partial charge in [-0.1, -0.05) is 18.0 Å². The fraction of sp³-hybridized carbons (Fsp3) is 0.455. The predicted molar refractivity (Wildman–Crippen MR) is 71.2 cm³/mol. The van der Waals surface area contributed by atoms with E-state index in [2.05, 4.69) is 31.5 Å². The SMILES string of the molecule is O=C(Nc1cc(Br)cnc1Cl)[C@@H]1CCCCN1. The second-order valence-electron chi connectivity index (χ2n) is 3.98. The first kappa shape index (κ1) is 12.8. The molecule has 1 amide bonds. The summed E-state index contributed by atoms with van der Waals surface area (Å²) < 4.78 is 0.786. The Bertz CT molecular complexity index is 421. The molecule has 6 heteroatoms. The minimum absolute atomic E-state index is 0.0495. The van der Waals surface area contributed by atoms with Gasteiger partial charge in [0.05, 0.1) is 11.7 Å². The van der Waals surface area contributed by atoms with Gasteiger partial charge in [-0.15, -0.1) is 0 Å². The first-order valence-corrected chi connectivity index (χ1v) is 6.69. The minimum atomic E-state index is -0.126. The lowest BCUT2D eigenvalue weighted by atomic mass is 10.0. The second-order valence-corrected chi connectivity index (χ2v) is 5.26. The summed E-state index contributed by atoms with van der Waals surface area (Å²) in [6, 6.07) is 1.62. The Hall–Kier alpha value is -0.650. The molecule has 1 saturated heterocycles. The summed E-state index contributed by atoms with van der Waals surface area (Å²) in [4.78, 5) is 15.9. The summed E-state index contributed by atoms with van der Waals surface area (Å²) in [5, 5.41) is 6.28. The molecule has 0 saturated carbocycles. The zero-order chi connectivity index (χ0) is 12.3. The number of hydrogen-bond acceptors (Lipinski definition) is 3. The molecule has 1 aliphatic rings. The van der Waals surface area contributed by atoms with Crippen LogP contribution in [0.15, 0.2) is 16.7 Å². The third-order valence-corrected chi connectivity index (χ3v) is 3.43. The highest BCUT2D eigenvalue weighted by molar-refractivity contribution is 9.10. The van der Waals surface area contributed by atoms with Crippen LogP contribution in [0.25, 0.3) is 0 Å². The molecule has 1 aliphatic heterocycles. The largest absolute Gasteiger partial charge is 0.322 e. The van der Waals surface area contributed by atoms with Gasteiger partial charge in [-0.25, -0.2) is 4.98 Å². The molecule has 1 aromatic heterocycles. The van der Waals surface area contributed by atoms with Crippen LogP contribution in [-0.4, -0.2) is 23.5 Å². The molecule has 2 rings (SSSR count). The molecule has 0 spiro atoms. The van der Waals surface area contributed by atoms with E-state index < -0.39 is 0 Å². The van der Waals surface area contributed by atoms with Crippen LogP contribution in [0.5, 0.6) is 0 Å². The van der Waals surface area contributed by atoms with Gasteiger partial charge in [0.1, 0.15) is 0 Å². The van der Waals surface area contributed by atoms with Gasteiger partial charge in [0, 0.05) is 10.7 Å². The molecular formula is C11H13BrClN3O. The Morgan fingerprint density at radius 1 is 1.59 bits per heavy atom. The first-order chi connectivity index (χ1) is 8.16. The molecule has 0 aromatic carbocycles. The maximum absolute atomic E-state index is 12.0. The van der Waals surface area contributed by atoms with Crippen molar-refractivity contribution in [2.75, 3.05) is 11.9 Å². The normalized spacial score (nSPS) is 20.0. The molecule has 0 aliphatic carbocycles. The highest BCUT2D eigenvalue weighted by Crippen LogP contribution is 2.23. The number of hydrogen-bond donors (Lipinski definition) is 2. The first-order valence-electron chi connectivity index (χ1n) is 5.52. The Balaban J connectivity index is 2.04. The highest BCUT2D eigenvalue weighted by atomic mass is 79.9. The van der Waals surface area contributed by atoms with Crippen LogP contribution < -0.4 is 10.6 Å². The Morgan fingerprint density at radius 2 is 2.41 bits per heavy atom. The average Bonchev–Trinajstić information content (AvgIpc) is 2.35. The molecule has 92 valence electrons. The molecule has 4 nitrogen and oxygen atoms in total. The quantitative estimate of drug-likeness (QED) is 0.824. The monoisotopic (exact) mass is 317 g/mol. The summed E-state index contributed by atoms with van der Waals surface area (Å²) >= 11 is 9.21. The van der Waals surface area contributed by atoms with E-state index in [-0.39, 0.29) is 11.9 Å². The summed E-state index contributed by atoms with van der Waals surface area (Å²) in [5.41, 5.74) is 0.540. The molecule has 2 N–H and O–H groups in total.